The van der Waals surface area contributed by atoms with Crippen LogP contribution in [0.25, 0.3) is 16.9 Å². The first-order chi connectivity index (χ1) is 14.9. The number of para-hydroxylation sites is 1. The van der Waals surface area contributed by atoms with Gasteiger partial charge in [-0.25, -0.2) is 9.97 Å². The zero-order valence-electron chi connectivity index (χ0n) is 18.3. The third-order valence-electron chi connectivity index (χ3n) is 5.58. The van der Waals surface area contributed by atoms with E-state index < -0.39 is 6.98 Å². The van der Waals surface area contributed by atoms with Crippen LogP contribution < -0.4 is 5.32 Å². The quantitative estimate of drug-likeness (QED) is 0.753. The number of carbonyl (C=O) groups is 1. The van der Waals surface area contributed by atoms with Gasteiger partial charge < -0.3 is 10.1 Å². The normalized spacial score (nSPS) is 27.0. The molecule has 2 aliphatic heterocycles. The number of aromatic nitrogens is 3. The van der Waals surface area contributed by atoms with Gasteiger partial charge in [-0.3, -0.25) is 14.3 Å². The topological polar surface area (TPSA) is 72.3 Å². The minimum Gasteiger partial charge on any atom is -0.378 e. The van der Waals surface area contributed by atoms with Crippen molar-refractivity contribution in [3.63, 3.8) is 0 Å². The number of ether oxygens (including phenoxy) is 1. The summed E-state index contributed by atoms with van der Waals surface area (Å²) in [6, 6.07) is 8.81. The van der Waals surface area contributed by atoms with Crippen molar-refractivity contribution in [1.82, 2.24) is 24.8 Å². The molecule has 0 aliphatic carbocycles. The SMILES string of the molecule is [2H]C([2H])([2H])N1[C@@H]2COC[C@H]1CC(NC(=O)c1cn(-c3ncccn3)c3ccccc13)C2. The number of hydrogen-bond donors (Lipinski definition) is 1. The maximum absolute atomic E-state index is 13.2. The summed E-state index contributed by atoms with van der Waals surface area (Å²) in [6.45, 7) is -1.42. The molecule has 7 nitrogen and oxygen atoms in total. The number of fused-ring (bicyclic) bond motifs is 3. The number of rotatable bonds is 3. The van der Waals surface area contributed by atoms with Crippen LogP contribution in [0.15, 0.2) is 48.9 Å². The Hall–Kier alpha value is -2.77. The Kier molecular flexibility index (Phi) is 3.56. The summed E-state index contributed by atoms with van der Waals surface area (Å²) in [6.07, 6.45) is 6.17. The molecule has 1 unspecified atom stereocenters. The number of carbonyl (C=O) groups excluding carboxylic acids is 1. The van der Waals surface area contributed by atoms with Crippen LogP contribution in [0.5, 0.6) is 0 Å². The second-order valence-corrected chi connectivity index (χ2v) is 7.37. The van der Waals surface area contributed by atoms with Gasteiger partial charge in [-0.1, -0.05) is 18.2 Å². The van der Waals surface area contributed by atoms with Gasteiger partial charge in [0.1, 0.15) is 0 Å². The smallest absolute Gasteiger partial charge is 0.253 e. The van der Waals surface area contributed by atoms with Crippen molar-refractivity contribution < 1.29 is 13.6 Å². The van der Waals surface area contributed by atoms with E-state index in [-0.39, 0.29) is 24.0 Å². The maximum Gasteiger partial charge on any atom is 0.253 e. The minimum atomic E-state index is -2.16. The number of likely N-dealkylation sites (N-methyl/N-ethyl adjacent to an activating group) is 1. The molecule has 144 valence electrons. The first-order valence-corrected chi connectivity index (χ1v) is 9.46. The fraction of sp³-hybridized carbons (Fsp3) is 0.381. The highest BCUT2D eigenvalue weighted by atomic mass is 16.5. The van der Waals surface area contributed by atoms with Gasteiger partial charge in [0.05, 0.1) is 24.3 Å². The van der Waals surface area contributed by atoms with Gasteiger partial charge in [0.2, 0.25) is 5.95 Å². The van der Waals surface area contributed by atoms with Crippen molar-refractivity contribution in [2.75, 3.05) is 20.2 Å². The van der Waals surface area contributed by atoms with Crippen molar-refractivity contribution >= 4 is 16.8 Å². The highest BCUT2D eigenvalue weighted by Gasteiger charge is 2.37. The number of nitrogens with zero attached hydrogens (tertiary/aromatic N) is 4. The fourth-order valence-electron chi connectivity index (χ4n) is 4.24. The van der Waals surface area contributed by atoms with Crippen LogP contribution in [0.4, 0.5) is 0 Å². The molecule has 0 radical (unpaired) electrons. The van der Waals surface area contributed by atoms with Gasteiger partial charge in [-0.05, 0) is 32.0 Å². The number of hydrogen-bond acceptors (Lipinski definition) is 5. The third-order valence-corrected chi connectivity index (χ3v) is 5.58. The van der Waals surface area contributed by atoms with E-state index in [2.05, 4.69) is 15.3 Å². The number of nitrogens with one attached hydrogen (secondary N) is 1. The molecule has 0 saturated carbocycles. The average molecular weight is 380 g/mol. The molecule has 2 aromatic heterocycles. The largest absolute Gasteiger partial charge is 0.378 e. The molecule has 3 aromatic rings. The average Bonchev–Trinajstić information content (AvgIpc) is 3.13. The zero-order chi connectivity index (χ0) is 21.6. The highest BCUT2D eigenvalue weighted by molar-refractivity contribution is 6.07. The monoisotopic (exact) mass is 380 g/mol. The molecule has 1 N–H and O–H groups in total. The van der Waals surface area contributed by atoms with E-state index in [0.717, 1.165) is 10.9 Å². The molecule has 2 saturated heterocycles. The fourth-order valence-corrected chi connectivity index (χ4v) is 4.24. The molecule has 1 aromatic carbocycles. The molecule has 1 amide bonds. The molecular weight excluding hydrogens is 354 g/mol. The molecule has 3 atom stereocenters. The molecule has 4 heterocycles. The predicted octanol–water partition coefficient (Wildman–Crippen LogP) is 2.01. The van der Waals surface area contributed by atoms with Crippen LogP contribution in [0.3, 0.4) is 0 Å². The number of morpholine rings is 1. The molecular formula is C21H23N5O2. The lowest BCUT2D eigenvalue weighted by Crippen LogP contribution is -2.59. The first kappa shape index (κ1) is 14.3. The van der Waals surface area contributed by atoms with E-state index in [0.29, 0.717) is 37.6 Å². The standard InChI is InChI=1S/C21H23N5O2/c1-25-15-9-14(10-16(25)13-28-12-15)24-20(27)18-11-26(21-22-7-4-8-23-21)19-6-3-2-5-17(18)19/h2-8,11,14-16H,9-10,12-13H2,1H3,(H,24,27)/t14?,15-,16+/i1D3. The van der Waals surface area contributed by atoms with Crippen LogP contribution in [-0.2, 0) is 4.74 Å². The van der Waals surface area contributed by atoms with E-state index in [1.165, 1.54) is 0 Å². The molecule has 5 rings (SSSR count). The Bertz CT molecular complexity index is 1090. The Labute approximate surface area is 167 Å². The van der Waals surface area contributed by atoms with E-state index in [1.54, 1.807) is 29.6 Å². The van der Waals surface area contributed by atoms with Gasteiger partial charge in [0, 0.05) is 46.2 Å². The highest BCUT2D eigenvalue weighted by Crippen LogP contribution is 2.28. The van der Waals surface area contributed by atoms with Crippen molar-refractivity contribution in [2.24, 2.45) is 0 Å². The van der Waals surface area contributed by atoms with Crippen LogP contribution in [0, 0.1) is 0 Å². The molecule has 2 aliphatic rings. The van der Waals surface area contributed by atoms with Gasteiger partial charge >= 0.3 is 0 Å². The summed E-state index contributed by atoms with van der Waals surface area (Å²) in [5, 5.41) is 3.95. The first-order valence-electron chi connectivity index (χ1n) is 11.0. The van der Waals surface area contributed by atoms with Crippen molar-refractivity contribution in [1.29, 1.82) is 0 Å². The lowest BCUT2D eigenvalue weighted by Gasteiger charge is -2.46. The van der Waals surface area contributed by atoms with E-state index >= 15 is 0 Å². The minimum absolute atomic E-state index is 0.111. The van der Waals surface area contributed by atoms with Gasteiger partial charge in [-0.15, -0.1) is 0 Å². The van der Waals surface area contributed by atoms with Crippen LogP contribution in [-0.4, -0.2) is 63.7 Å². The molecule has 7 heteroatoms. The van der Waals surface area contributed by atoms with Gasteiger partial charge in [0.25, 0.3) is 5.91 Å². The molecule has 2 fully saturated rings. The zero-order valence-corrected chi connectivity index (χ0v) is 15.3. The molecule has 2 bridgehead atoms. The Morgan fingerprint density at radius 2 is 1.93 bits per heavy atom. The number of benzene rings is 1. The van der Waals surface area contributed by atoms with Crippen LogP contribution in [0.1, 0.15) is 27.3 Å². The maximum atomic E-state index is 13.2. The van der Waals surface area contributed by atoms with Crippen molar-refractivity contribution in [3.05, 3.63) is 54.5 Å². The Balaban J connectivity index is 1.41. The second kappa shape index (κ2) is 7.00. The van der Waals surface area contributed by atoms with Gasteiger partial charge in [-0.2, -0.15) is 0 Å². The van der Waals surface area contributed by atoms with Gasteiger partial charge in [0.15, 0.2) is 0 Å². The van der Waals surface area contributed by atoms with E-state index in [4.69, 9.17) is 8.85 Å². The Morgan fingerprint density at radius 3 is 2.68 bits per heavy atom. The summed E-state index contributed by atoms with van der Waals surface area (Å²) in [7, 11) is 0. The van der Waals surface area contributed by atoms with Crippen LogP contribution >= 0.6 is 0 Å². The lowest BCUT2D eigenvalue weighted by atomic mass is 9.90. The summed E-state index contributed by atoms with van der Waals surface area (Å²) in [5.41, 5.74) is 1.39. The Morgan fingerprint density at radius 1 is 1.18 bits per heavy atom. The number of piperidine rings is 1. The van der Waals surface area contributed by atoms with E-state index in [1.807, 2.05) is 28.8 Å². The molecule has 0 spiro atoms. The van der Waals surface area contributed by atoms with E-state index in [9.17, 15) is 4.79 Å². The lowest BCUT2D eigenvalue weighted by molar-refractivity contribution is -0.0670. The predicted molar refractivity (Wildman–Crippen MR) is 106 cm³/mol. The summed E-state index contributed by atoms with van der Waals surface area (Å²) in [4.78, 5) is 23.4. The third kappa shape index (κ3) is 2.96. The number of amides is 1. The van der Waals surface area contributed by atoms with Crippen LogP contribution in [0.2, 0.25) is 0 Å². The van der Waals surface area contributed by atoms with Crippen molar-refractivity contribution in [3.8, 4) is 5.95 Å². The summed E-state index contributed by atoms with van der Waals surface area (Å²) >= 11 is 0. The summed E-state index contributed by atoms with van der Waals surface area (Å²) in [5.74, 6) is 0.313. The molecule has 28 heavy (non-hydrogen) atoms. The second-order valence-electron chi connectivity index (χ2n) is 7.37. The summed E-state index contributed by atoms with van der Waals surface area (Å²) < 4.78 is 30.9. The van der Waals surface area contributed by atoms with Crippen molar-refractivity contribution in [2.45, 2.75) is 31.0 Å².